The number of ketones is 1. The van der Waals surface area contributed by atoms with Crippen LogP contribution < -0.4 is 5.32 Å². The summed E-state index contributed by atoms with van der Waals surface area (Å²) in [5, 5.41) is 29.1. The first-order valence-electron chi connectivity index (χ1n) is 24.9. The first-order chi connectivity index (χ1) is 34.4. The smallest absolute Gasteiger partial charge is 0.410 e. The highest BCUT2D eigenvalue weighted by molar-refractivity contribution is 5.95. The third-order valence-corrected chi connectivity index (χ3v) is 16.0. The molecule has 73 heavy (non-hydrogen) atoms. The van der Waals surface area contributed by atoms with Crippen LogP contribution in [0, 0.1) is 28.6 Å². The van der Waals surface area contributed by atoms with Crippen LogP contribution in [0.3, 0.4) is 0 Å². The maximum atomic E-state index is 15.6. The molecule has 3 N–H and O–H groups in total. The molecule has 17 heteroatoms. The van der Waals surface area contributed by atoms with Gasteiger partial charge in [-0.05, 0) is 87.9 Å². The summed E-state index contributed by atoms with van der Waals surface area (Å²) in [4.78, 5) is 102. The number of fused-ring (bicyclic) bond motifs is 5. The van der Waals surface area contributed by atoms with Gasteiger partial charge in [-0.3, -0.25) is 14.4 Å². The van der Waals surface area contributed by atoms with Gasteiger partial charge in [-0.15, -0.1) is 0 Å². The molecular formula is C56H69N3O14. The van der Waals surface area contributed by atoms with Gasteiger partial charge in [-0.25, -0.2) is 19.2 Å². The number of hydrogen-bond acceptors (Lipinski definition) is 14. The molecule has 0 radical (unpaired) electrons. The summed E-state index contributed by atoms with van der Waals surface area (Å²) >= 11 is 0. The minimum Gasteiger partial charge on any atom is -0.458 e. The van der Waals surface area contributed by atoms with Crippen molar-refractivity contribution in [1.29, 1.82) is 0 Å². The van der Waals surface area contributed by atoms with Crippen LogP contribution in [-0.2, 0) is 38.1 Å². The van der Waals surface area contributed by atoms with Crippen molar-refractivity contribution in [2.45, 2.75) is 129 Å². The summed E-state index contributed by atoms with van der Waals surface area (Å²) in [5.41, 5.74) is -5.42. The molecule has 0 aliphatic heterocycles. The Labute approximate surface area is 426 Å². The van der Waals surface area contributed by atoms with Gasteiger partial charge in [0.1, 0.15) is 35.2 Å². The Morgan fingerprint density at radius 2 is 1.36 bits per heavy atom. The minimum atomic E-state index is -2.24. The van der Waals surface area contributed by atoms with E-state index < -0.39 is 118 Å². The molecule has 11 atom stereocenters. The number of amides is 3. The SMILES string of the molecule is CC(=O)O[C@@]12CC[C@@H]1C[C@H](O)[C@@]1(C)C(=O)[C@H](C)C3=C(C)[C@@H](OC(=O)[C@H](OC(=O)N(C)CCN(C)C(=O)OC(C)C)[C@@H](NC(=O)c4ccccc4)c4ccccc4)C[C@@](O)(C(OC(=O)c4ccccc4)C12)C3(C)C. The maximum Gasteiger partial charge on any atom is 0.410 e. The fourth-order valence-corrected chi connectivity index (χ4v) is 12.1. The topological polar surface area (TPSA) is 225 Å². The van der Waals surface area contributed by atoms with Crippen LogP contribution in [0.1, 0.15) is 113 Å². The lowest BCUT2D eigenvalue weighted by molar-refractivity contribution is -0.295. The predicted octanol–water partition coefficient (Wildman–Crippen LogP) is 7.00. The Kier molecular flexibility index (Phi) is 15.7. The number of carbonyl (C=O) groups is 7. The van der Waals surface area contributed by atoms with Crippen LogP contribution in [0.4, 0.5) is 9.59 Å². The summed E-state index contributed by atoms with van der Waals surface area (Å²) in [6.45, 7) is 13.0. The third-order valence-electron chi connectivity index (χ3n) is 16.0. The standard InChI is InChI=1S/C56H69N3O14/c1-32(2)69-51(66)58(9)28-29-59(10)52(67)71-44(43(36-20-14-11-15-21-36)57-48(63)37-22-16-12-17-23-37)50(65)70-40-31-56(68)47(72-49(64)38-24-18-13-19-25-38)45-54(8,46(62)34(4)42(33(40)3)53(56,6)7)41(61)30-39-26-27-55(39,45)73-35(5)60/h11-25,32,34,39-41,43-45,47,61,68H,26-31H2,1-10H3,(H,57,63)/t34-,39-,40+,41+,43+,44-,45?,47?,54-,55+,56-/m1/s1. The minimum absolute atomic E-state index is 0.0196. The molecular weight excluding hydrogens is 939 g/mol. The van der Waals surface area contributed by atoms with E-state index in [1.807, 2.05) is 0 Å². The summed E-state index contributed by atoms with van der Waals surface area (Å²) in [5.74, 6) is -6.54. The lowest BCUT2D eigenvalue weighted by Gasteiger charge is -2.68. The van der Waals surface area contributed by atoms with E-state index in [1.165, 1.54) is 38.1 Å². The van der Waals surface area contributed by atoms with E-state index in [1.54, 1.807) is 127 Å². The van der Waals surface area contributed by atoms with Crippen LogP contribution in [0.25, 0.3) is 0 Å². The lowest BCUT2D eigenvalue weighted by Crippen LogP contribution is -2.78. The first-order valence-corrected chi connectivity index (χ1v) is 24.9. The molecule has 0 spiro atoms. The lowest BCUT2D eigenvalue weighted by atomic mass is 9.40. The molecule has 17 nitrogen and oxygen atoms in total. The average molecular weight is 1010 g/mol. The number of esters is 3. The fourth-order valence-electron chi connectivity index (χ4n) is 12.1. The summed E-state index contributed by atoms with van der Waals surface area (Å²) in [6.07, 6.45) is -7.89. The number of hydrogen-bond donors (Lipinski definition) is 3. The number of carbonyl (C=O) groups excluding carboxylic acids is 7. The Hall–Kier alpha value is -6.59. The molecule has 2 bridgehead atoms. The zero-order valence-corrected chi connectivity index (χ0v) is 43.3. The first kappa shape index (κ1) is 54.2. The number of aliphatic hydroxyl groups is 2. The van der Waals surface area contributed by atoms with Gasteiger partial charge in [0, 0.05) is 63.3 Å². The van der Waals surface area contributed by atoms with Crippen molar-refractivity contribution < 1.29 is 67.5 Å². The summed E-state index contributed by atoms with van der Waals surface area (Å²) < 4.78 is 30.7. The number of likely N-dealkylation sites (N-methyl/N-ethyl adjacent to an activating group) is 2. The molecule has 4 aliphatic rings. The number of benzene rings is 3. The second-order valence-electron chi connectivity index (χ2n) is 21.2. The predicted molar refractivity (Wildman–Crippen MR) is 265 cm³/mol. The summed E-state index contributed by atoms with van der Waals surface area (Å²) in [7, 11) is 2.91. The summed E-state index contributed by atoms with van der Waals surface area (Å²) in [6, 6.07) is 23.3. The fraction of sp³-hybridized carbons (Fsp3) is 0.518. The molecule has 392 valence electrons. The van der Waals surface area contributed by atoms with Gasteiger partial charge < -0.3 is 49.0 Å². The van der Waals surface area contributed by atoms with Gasteiger partial charge in [0.25, 0.3) is 5.91 Å². The van der Waals surface area contributed by atoms with E-state index in [0.29, 0.717) is 23.1 Å². The van der Waals surface area contributed by atoms with Crippen molar-refractivity contribution in [1.82, 2.24) is 15.1 Å². The number of ether oxygens (including phenoxy) is 5. The highest BCUT2D eigenvalue weighted by Crippen LogP contribution is 2.67. The van der Waals surface area contributed by atoms with E-state index in [4.69, 9.17) is 23.7 Å². The van der Waals surface area contributed by atoms with Gasteiger partial charge >= 0.3 is 30.1 Å². The van der Waals surface area contributed by atoms with Crippen LogP contribution in [0.5, 0.6) is 0 Å². The second-order valence-corrected chi connectivity index (χ2v) is 21.2. The normalized spacial score (nSPS) is 28.8. The van der Waals surface area contributed by atoms with Crippen molar-refractivity contribution in [2.24, 2.45) is 28.6 Å². The zero-order valence-electron chi connectivity index (χ0n) is 43.3. The molecule has 0 heterocycles. The van der Waals surface area contributed by atoms with Crippen molar-refractivity contribution >= 4 is 41.8 Å². The van der Waals surface area contributed by atoms with E-state index in [9.17, 15) is 34.2 Å². The van der Waals surface area contributed by atoms with Gasteiger partial charge in [0.05, 0.1) is 29.1 Å². The Bertz CT molecular complexity index is 2610. The van der Waals surface area contributed by atoms with Crippen molar-refractivity contribution in [3.8, 4) is 0 Å². The number of rotatable bonds is 14. The Balaban J connectivity index is 1.35. The molecule has 3 aromatic rings. The van der Waals surface area contributed by atoms with Crippen LogP contribution >= 0.6 is 0 Å². The average Bonchev–Trinajstić information content (AvgIpc) is 3.35. The van der Waals surface area contributed by atoms with Crippen molar-refractivity contribution in [2.75, 3.05) is 27.2 Å². The van der Waals surface area contributed by atoms with Crippen LogP contribution in [0.2, 0.25) is 0 Å². The number of Topliss-reactive ketones (excluding diaryl/α,β-unsaturated/α-hetero) is 1. The number of aliphatic hydroxyl groups excluding tert-OH is 1. The van der Waals surface area contributed by atoms with Gasteiger partial charge in [-0.2, -0.15) is 0 Å². The molecule has 7 rings (SSSR count). The quantitative estimate of drug-likeness (QED) is 0.0840. The van der Waals surface area contributed by atoms with Gasteiger partial charge in [0.2, 0.25) is 6.10 Å². The van der Waals surface area contributed by atoms with Crippen LogP contribution in [0.15, 0.2) is 102 Å². The van der Waals surface area contributed by atoms with E-state index in [-0.39, 0.29) is 43.2 Å². The molecule has 2 unspecified atom stereocenters. The molecule has 0 saturated heterocycles. The van der Waals surface area contributed by atoms with Crippen molar-refractivity contribution in [3.05, 3.63) is 119 Å². The highest BCUT2D eigenvalue weighted by atomic mass is 16.6. The number of nitrogens with zero attached hydrogens (tertiary/aromatic N) is 2. The number of nitrogens with one attached hydrogen (secondary N) is 1. The third kappa shape index (κ3) is 10.1. The monoisotopic (exact) mass is 1010 g/mol. The van der Waals surface area contributed by atoms with Gasteiger partial charge in [0.15, 0.2) is 0 Å². The second kappa shape index (κ2) is 21.1. The van der Waals surface area contributed by atoms with Gasteiger partial charge in [-0.1, -0.05) is 87.5 Å². The van der Waals surface area contributed by atoms with Crippen molar-refractivity contribution in [3.63, 3.8) is 0 Å². The van der Waals surface area contributed by atoms with Crippen LogP contribution in [-0.4, -0.2) is 131 Å². The molecule has 3 fully saturated rings. The molecule has 0 aromatic heterocycles. The molecule has 3 saturated carbocycles. The molecule has 3 amide bonds. The van der Waals surface area contributed by atoms with E-state index in [0.717, 1.165) is 4.90 Å². The largest absolute Gasteiger partial charge is 0.458 e. The molecule has 4 aliphatic carbocycles. The maximum absolute atomic E-state index is 15.6. The van der Waals surface area contributed by atoms with E-state index in [2.05, 4.69) is 5.32 Å². The molecule has 3 aromatic carbocycles. The van der Waals surface area contributed by atoms with E-state index >= 15 is 9.59 Å². The zero-order chi connectivity index (χ0) is 53.4. The Morgan fingerprint density at radius 3 is 1.89 bits per heavy atom. The highest BCUT2D eigenvalue weighted by Gasteiger charge is 2.76. The Morgan fingerprint density at radius 1 is 0.808 bits per heavy atom.